The zero-order chi connectivity index (χ0) is 17.5. The van der Waals surface area contributed by atoms with Gasteiger partial charge in [-0.15, -0.1) is 0 Å². The molecule has 1 atom stereocenters. The summed E-state index contributed by atoms with van der Waals surface area (Å²) in [6, 6.07) is 10.2. The molecule has 128 valence electrons. The number of aromatic nitrogens is 1. The van der Waals surface area contributed by atoms with Gasteiger partial charge in [-0.2, -0.15) is 0 Å². The summed E-state index contributed by atoms with van der Waals surface area (Å²) < 4.78 is 5.07. The number of benzene rings is 1. The molecule has 1 aromatic carbocycles. The van der Waals surface area contributed by atoms with Crippen LogP contribution in [0.3, 0.4) is 0 Å². The Morgan fingerprint density at radius 1 is 1.25 bits per heavy atom. The number of anilines is 2. The highest BCUT2D eigenvalue weighted by Crippen LogP contribution is 2.17. The largest absolute Gasteiger partial charge is 0.497 e. The van der Waals surface area contributed by atoms with Gasteiger partial charge in [-0.1, -0.05) is 12.1 Å². The van der Waals surface area contributed by atoms with Crippen LogP contribution in [-0.2, 0) is 0 Å². The van der Waals surface area contributed by atoms with Crippen molar-refractivity contribution < 1.29 is 14.6 Å². The highest BCUT2D eigenvalue weighted by molar-refractivity contribution is 5.89. The summed E-state index contributed by atoms with van der Waals surface area (Å²) in [5, 5.41) is 15.4. The van der Waals surface area contributed by atoms with Crippen LogP contribution in [0, 0.1) is 0 Å². The molecule has 0 saturated heterocycles. The maximum atomic E-state index is 11.9. The summed E-state index contributed by atoms with van der Waals surface area (Å²) in [4.78, 5) is 18.0. The van der Waals surface area contributed by atoms with E-state index in [0.29, 0.717) is 17.0 Å². The minimum Gasteiger partial charge on any atom is -0.497 e. The van der Waals surface area contributed by atoms with Crippen LogP contribution in [0.4, 0.5) is 16.3 Å². The molecule has 7 heteroatoms. The predicted octanol–water partition coefficient (Wildman–Crippen LogP) is 2.01. The maximum Gasteiger partial charge on any atom is 0.319 e. The molecule has 3 N–H and O–H groups in total. The molecule has 1 heterocycles. The normalized spacial score (nSPS) is 11.5. The van der Waals surface area contributed by atoms with E-state index in [2.05, 4.69) is 15.6 Å². The minimum absolute atomic E-state index is 0.0986. The second-order valence-electron chi connectivity index (χ2n) is 5.42. The number of carbonyl (C=O) groups excluding carboxylic acids is 1. The Morgan fingerprint density at radius 2 is 1.96 bits per heavy atom. The van der Waals surface area contributed by atoms with E-state index in [9.17, 15) is 9.90 Å². The number of nitrogens with one attached hydrogen (secondary N) is 2. The average Bonchev–Trinajstić information content (AvgIpc) is 2.60. The van der Waals surface area contributed by atoms with Crippen molar-refractivity contribution in [3.8, 4) is 5.75 Å². The van der Waals surface area contributed by atoms with Crippen molar-refractivity contribution in [2.75, 3.05) is 38.0 Å². The lowest BCUT2D eigenvalue weighted by molar-refractivity contribution is 0.175. The second-order valence-corrected chi connectivity index (χ2v) is 5.42. The average molecular weight is 330 g/mol. The molecule has 2 rings (SSSR count). The highest BCUT2D eigenvalue weighted by Gasteiger charge is 2.10. The molecule has 0 spiro atoms. The number of pyridine rings is 1. The van der Waals surface area contributed by atoms with Crippen LogP contribution in [0.2, 0.25) is 0 Å². The third-order valence-electron chi connectivity index (χ3n) is 3.42. The molecule has 0 fully saturated rings. The van der Waals surface area contributed by atoms with Gasteiger partial charge >= 0.3 is 6.03 Å². The standard InChI is InChI=1S/C17H22N4O3/c1-21(2)16-9-6-13(10-18-16)20-17(23)19-11-15(22)12-4-7-14(24-3)8-5-12/h4-10,15,22H,11H2,1-3H3,(H2,19,20,23)/t15-/m1/s1. The molecule has 0 aliphatic heterocycles. The van der Waals surface area contributed by atoms with E-state index in [1.54, 1.807) is 43.6 Å². The van der Waals surface area contributed by atoms with Gasteiger partial charge in [-0.3, -0.25) is 0 Å². The molecule has 0 saturated carbocycles. The first-order valence-corrected chi connectivity index (χ1v) is 7.50. The van der Waals surface area contributed by atoms with Crippen LogP contribution in [0.25, 0.3) is 0 Å². The number of rotatable bonds is 6. The summed E-state index contributed by atoms with van der Waals surface area (Å²) >= 11 is 0. The molecular weight excluding hydrogens is 308 g/mol. The number of methoxy groups -OCH3 is 1. The Morgan fingerprint density at radius 3 is 2.50 bits per heavy atom. The van der Waals surface area contributed by atoms with Gasteiger partial charge in [0.05, 0.1) is 25.1 Å². The Labute approximate surface area is 141 Å². The number of hydrogen-bond acceptors (Lipinski definition) is 5. The van der Waals surface area contributed by atoms with Crippen LogP contribution in [0.1, 0.15) is 11.7 Å². The van der Waals surface area contributed by atoms with Crippen LogP contribution in [0.5, 0.6) is 5.75 Å². The molecule has 0 unspecified atom stereocenters. The predicted molar refractivity (Wildman–Crippen MR) is 93.5 cm³/mol. The van der Waals surface area contributed by atoms with Crippen molar-refractivity contribution in [2.24, 2.45) is 0 Å². The second kappa shape index (κ2) is 8.16. The lowest BCUT2D eigenvalue weighted by atomic mass is 10.1. The molecular formula is C17H22N4O3. The zero-order valence-electron chi connectivity index (χ0n) is 14.0. The van der Waals surface area contributed by atoms with Crippen molar-refractivity contribution in [1.82, 2.24) is 10.3 Å². The lowest BCUT2D eigenvalue weighted by Gasteiger charge is -2.14. The SMILES string of the molecule is COc1ccc([C@H](O)CNC(=O)Nc2ccc(N(C)C)nc2)cc1. The number of ether oxygens (including phenoxy) is 1. The summed E-state index contributed by atoms with van der Waals surface area (Å²) in [5.74, 6) is 1.52. The molecule has 24 heavy (non-hydrogen) atoms. The number of amides is 2. The van der Waals surface area contributed by atoms with Gasteiger partial charge in [0.25, 0.3) is 0 Å². The van der Waals surface area contributed by atoms with E-state index in [1.165, 1.54) is 0 Å². The summed E-state index contributed by atoms with van der Waals surface area (Å²) in [5.41, 5.74) is 1.28. The first-order chi connectivity index (χ1) is 11.5. The van der Waals surface area contributed by atoms with Gasteiger partial charge in [0.1, 0.15) is 11.6 Å². The maximum absolute atomic E-state index is 11.9. The van der Waals surface area contributed by atoms with Gasteiger partial charge < -0.3 is 25.4 Å². The van der Waals surface area contributed by atoms with E-state index in [1.807, 2.05) is 25.1 Å². The molecule has 2 aromatic rings. The Bertz CT molecular complexity index is 657. The topological polar surface area (TPSA) is 86.7 Å². The number of aliphatic hydroxyl groups excluding tert-OH is 1. The fourth-order valence-electron chi connectivity index (χ4n) is 2.03. The van der Waals surface area contributed by atoms with Crippen LogP contribution in [0.15, 0.2) is 42.6 Å². The van der Waals surface area contributed by atoms with Crippen molar-refractivity contribution >= 4 is 17.5 Å². The number of aliphatic hydroxyl groups is 1. The van der Waals surface area contributed by atoms with Gasteiger partial charge in [-0.25, -0.2) is 9.78 Å². The number of hydrogen-bond donors (Lipinski definition) is 3. The quantitative estimate of drug-likeness (QED) is 0.754. The third kappa shape index (κ3) is 4.85. The van der Waals surface area contributed by atoms with E-state index in [0.717, 1.165) is 5.82 Å². The highest BCUT2D eigenvalue weighted by atomic mass is 16.5. The van der Waals surface area contributed by atoms with Crippen molar-refractivity contribution in [3.63, 3.8) is 0 Å². The van der Waals surface area contributed by atoms with Crippen molar-refractivity contribution in [2.45, 2.75) is 6.10 Å². The van der Waals surface area contributed by atoms with E-state index >= 15 is 0 Å². The van der Waals surface area contributed by atoms with Gasteiger partial charge in [0, 0.05) is 20.6 Å². The third-order valence-corrected chi connectivity index (χ3v) is 3.42. The molecule has 1 aromatic heterocycles. The van der Waals surface area contributed by atoms with Gasteiger partial charge in [-0.05, 0) is 29.8 Å². The minimum atomic E-state index is -0.795. The van der Waals surface area contributed by atoms with Crippen LogP contribution in [-0.4, -0.2) is 43.9 Å². The van der Waals surface area contributed by atoms with E-state index in [4.69, 9.17) is 4.74 Å². The molecule has 0 radical (unpaired) electrons. The fraction of sp³-hybridized carbons (Fsp3) is 0.294. The molecule has 2 amide bonds. The summed E-state index contributed by atoms with van der Waals surface area (Å²) in [6.45, 7) is 0.0986. The number of carbonyl (C=O) groups is 1. The van der Waals surface area contributed by atoms with Crippen LogP contribution >= 0.6 is 0 Å². The van der Waals surface area contributed by atoms with Crippen molar-refractivity contribution in [3.05, 3.63) is 48.2 Å². The molecule has 0 bridgehead atoms. The number of nitrogens with zero attached hydrogens (tertiary/aromatic N) is 2. The smallest absolute Gasteiger partial charge is 0.319 e. The first kappa shape index (κ1) is 17.6. The van der Waals surface area contributed by atoms with Crippen molar-refractivity contribution in [1.29, 1.82) is 0 Å². The summed E-state index contributed by atoms with van der Waals surface area (Å²) in [6.07, 6.45) is 0.783. The summed E-state index contributed by atoms with van der Waals surface area (Å²) in [7, 11) is 5.36. The monoisotopic (exact) mass is 330 g/mol. The number of urea groups is 1. The molecule has 0 aliphatic carbocycles. The Hall–Kier alpha value is -2.80. The lowest BCUT2D eigenvalue weighted by Crippen LogP contribution is -2.32. The zero-order valence-corrected chi connectivity index (χ0v) is 14.0. The van der Waals surface area contributed by atoms with E-state index in [-0.39, 0.29) is 6.54 Å². The first-order valence-electron chi connectivity index (χ1n) is 7.50. The molecule has 0 aliphatic rings. The van der Waals surface area contributed by atoms with Gasteiger partial charge in [0.2, 0.25) is 0 Å². The Balaban J connectivity index is 1.83. The fourth-order valence-corrected chi connectivity index (χ4v) is 2.03. The van der Waals surface area contributed by atoms with E-state index < -0.39 is 12.1 Å². The van der Waals surface area contributed by atoms with Crippen LogP contribution < -0.4 is 20.3 Å². The molecule has 7 nitrogen and oxygen atoms in total. The van der Waals surface area contributed by atoms with Gasteiger partial charge in [0.15, 0.2) is 0 Å². The Kier molecular flexibility index (Phi) is 5.97.